The van der Waals surface area contributed by atoms with Crippen molar-refractivity contribution in [3.05, 3.63) is 94.5 Å². The number of hydrazone groups is 1. The standard InChI is InChI=1S/C26H22ClN7O3/c27-20-9-12-23(34-16-29-32-33-34)19(15-20)8-13-24(35)31-22(14-17-4-2-1-3-5-17)26(37)30-21-10-6-18(7-11-21)25(28)36/h1-7,9-12,15-16,22,32-33H,14H2,(H2,28,36)(H,30,37)(H,31,35)/t22-/m0/s1. The van der Waals surface area contributed by atoms with E-state index in [1.54, 1.807) is 35.3 Å². The summed E-state index contributed by atoms with van der Waals surface area (Å²) in [5.74, 6) is 3.68. The van der Waals surface area contributed by atoms with Crippen LogP contribution in [0.4, 0.5) is 11.4 Å². The molecule has 0 saturated heterocycles. The Balaban J connectivity index is 1.52. The van der Waals surface area contributed by atoms with E-state index in [2.05, 4.69) is 38.6 Å². The molecule has 1 heterocycles. The number of nitrogens with zero attached hydrogens (tertiary/aromatic N) is 2. The molecule has 1 aliphatic heterocycles. The third-order valence-corrected chi connectivity index (χ3v) is 5.51. The number of anilines is 2. The van der Waals surface area contributed by atoms with Gasteiger partial charge in [0.05, 0.1) is 11.3 Å². The maximum Gasteiger partial charge on any atom is 0.296 e. The molecule has 186 valence electrons. The molecule has 0 unspecified atom stereocenters. The fraction of sp³-hybridized carbons (Fsp3) is 0.0769. The zero-order chi connectivity index (χ0) is 26.2. The summed E-state index contributed by atoms with van der Waals surface area (Å²) in [5.41, 5.74) is 13.4. The van der Waals surface area contributed by atoms with Crippen molar-refractivity contribution in [1.29, 1.82) is 0 Å². The average Bonchev–Trinajstić information content (AvgIpc) is 3.43. The lowest BCUT2D eigenvalue weighted by molar-refractivity contribution is -0.123. The van der Waals surface area contributed by atoms with E-state index in [0.717, 1.165) is 5.56 Å². The number of hydrogen-bond acceptors (Lipinski definition) is 7. The SMILES string of the molecule is NC(=O)c1ccc(NC(=O)[C@H](Cc2ccccc2)NC(=O)C#Cc2cc(Cl)ccc2N2C=NNN2)cc1. The van der Waals surface area contributed by atoms with Crippen molar-refractivity contribution in [2.24, 2.45) is 10.8 Å². The highest BCUT2D eigenvalue weighted by Gasteiger charge is 2.21. The lowest BCUT2D eigenvalue weighted by atomic mass is 10.0. The summed E-state index contributed by atoms with van der Waals surface area (Å²) in [5, 5.41) is 11.3. The number of carbonyl (C=O) groups is 3. The molecule has 1 aliphatic rings. The molecule has 37 heavy (non-hydrogen) atoms. The number of rotatable bonds is 7. The maximum atomic E-state index is 13.1. The molecule has 3 aromatic rings. The number of carbonyl (C=O) groups excluding carboxylic acids is 3. The van der Waals surface area contributed by atoms with Crippen LogP contribution < -0.4 is 32.4 Å². The average molecular weight is 516 g/mol. The number of hydrogen-bond donors (Lipinski definition) is 5. The third kappa shape index (κ3) is 6.85. The minimum atomic E-state index is -0.921. The van der Waals surface area contributed by atoms with Crippen LogP contribution in [0.1, 0.15) is 21.5 Å². The second-order valence-corrected chi connectivity index (χ2v) is 8.33. The number of primary amides is 1. The van der Waals surface area contributed by atoms with Gasteiger partial charge in [-0.3, -0.25) is 14.4 Å². The summed E-state index contributed by atoms with van der Waals surface area (Å²) in [7, 11) is 0. The molecule has 0 bridgehead atoms. The number of amides is 3. The Labute approximate surface area is 217 Å². The van der Waals surface area contributed by atoms with Crippen molar-refractivity contribution in [2.75, 3.05) is 10.3 Å². The summed E-state index contributed by atoms with van der Waals surface area (Å²) in [4.78, 5) is 37.2. The number of hydrazine groups is 2. The van der Waals surface area contributed by atoms with E-state index in [4.69, 9.17) is 17.3 Å². The molecule has 3 amide bonds. The first kappa shape index (κ1) is 25.2. The van der Waals surface area contributed by atoms with E-state index < -0.39 is 23.8 Å². The molecule has 1 atom stereocenters. The number of nitrogens with one attached hydrogen (secondary N) is 4. The molecule has 0 aliphatic carbocycles. The van der Waals surface area contributed by atoms with Crippen molar-refractivity contribution in [3.63, 3.8) is 0 Å². The summed E-state index contributed by atoms with van der Waals surface area (Å²) in [6.07, 6.45) is 1.74. The topological polar surface area (TPSA) is 141 Å². The molecule has 6 N–H and O–H groups in total. The highest BCUT2D eigenvalue weighted by molar-refractivity contribution is 6.30. The van der Waals surface area contributed by atoms with Gasteiger partial charge < -0.3 is 16.4 Å². The van der Waals surface area contributed by atoms with Gasteiger partial charge in [-0.1, -0.05) is 47.9 Å². The summed E-state index contributed by atoms with van der Waals surface area (Å²) in [6.45, 7) is 0. The van der Waals surface area contributed by atoms with Crippen LogP contribution in [-0.2, 0) is 16.0 Å². The van der Waals surface area contributed by atoms with Crippen molar-refractivity contribution >= 4 is 47.0 Å². The van der Waals surface area contributed by atoms with Gasteiger partial charge in [0, 0.05) is 28.6 Å². The molecule has 4 rings (SSSR count). The van der Waals surface area contributed by atoms with Crippen LogP contribution in [0.5, 0.6) is 0 Å². The molecule has 0 spiro atoms. The van der Waals surface area contributed by atoms with Gasteiger partial charge in [-0.15, -0.1) is 5.53 Å². The van der Waals surface area contributed by atoms with Gasteiger partial charge in [0.2, 0.25) is 11.8 Å². The van der Waals surface area contributed by atoms with Crippen LogP contribution in [0.15, 0.2) is 77.9 Å². The molecule has 0 fully saturated rings. The van der Waals surface area contributed by atoms with E-state index in [1.807, 2.05) is 30.3 Å². The highest BCUT2D eigenvalue weighted by Crippen LogP contribution is 2.22. The smallest absolute Gasteiger partial charge is 0.296 e. The Kier molecular flexibility index (Phi) is 8.00. The fourth-order valence-electron chi connectivity index (χ4n) is 3.46. The monoisotopic (exact) mass is 515 g/mol. The predicted molar refractivity (Wildman–Crippen MR) is 141 cm³/mol. The Morgan fingerprint density at radius 2 is 1.81 bits per heavy atom. The van der Waals surface area contributed by atoms with E-state index in [-0.39, 0.29) is 6.42 Å². The van der Waals surface area contributed by atoms with Gasteiger partial charge in [-0.05, 0) is 48.0 Å². The first-order valence-electron chi connectivity index (χ1n) is 11.1. The molecule has 0 saturated carbocycles. The van der Waals surface area contributed by atoms with Gasteiger partial charge in [-0.2, -0.15) is 5.10 Å². The Morgan fingerprint density at radius 3 is 2.49 bits per heavy atom. The highest BCUT2D eigenvalue weighted by atomic mass is 35.5. The van der Waals surface area contributed by atoms with Crippen molar-refractivity contribution in [3.8, 4) is 11.8 Å². The molecule has 11 heteroatoms. The Hall–Kier alpha value is -4.85. The van der Waals surface area contributed by atoms with Crippen LogP contribution >= 0.6 is 11.6 Å². The summed E-state index contributed by atoms with van der Waals surface area (Å²) >= 11 is 6.12. The van der Waals surface area contributed by atoms with E-state index in [0.29, 0.717) is 27.5 Å². The van der Waals surface area contributed by atoms with E-state index >= 15 is 0 Å². The number of nitrogens with two attached hydrogens (primary N) is 1. The lowest BCUT2D eigenvalue weighted by Gasteiger charge is -2.18. The third-order valence-electron chi connectivity index (χ3n) is 5.28. The Morgan fingerprint density at radius 1 is 1.05 bits per heavy atom. The van der Waals surface area contributed by atoms with Crippen LogP contribution in [0.25, 0.3) is 0 Å². The van der Waals surface area contributed by atoms with E-state index in [9.17, 15) is 14.4 Å². The van der Waals surface area contributed by atoms with Gasteiger partial charge in [-0.25, -0.2) is 10.5 Å². The first-order chi connectivity index (χ1) is 17.9. The quantitative estimate of drug-likeness (QED) is 0.304. The second kappa shape index (κ2) is 11.7. The molecule has 3 aromatic carbocycles. The zero-order valence-corrected chi connectivity index (χ0v) is 20.1. The molecular formula is C26H22ClN7O3. The minimum Gasteiger partial charge on any atom is -0.366 e. The lowest BCUT2D eigenvalue weighted by Crippen LogP contribution is -2.44. The minimum absolute atomic E-state index is 0.238. The van der Waals surface area contributed by atoms with E-state index in [1.165, 1.54) is 18.5 Å². The van der Waals surface area contributed by atoms with Gasteiger partial charge in [0.25, 0.3) is 5.91 Å². The van der Waals surface area contributed by atoms with Gasteiger partial charge >= 0.3 is 0 Å². The first-order valence-corrected chi connectivity index (χ1v) is 11.5. The van der Waals surface area contributed by atoms with Crippen molar-refractivity contribution < 1.29 is 14.4 Å². The van der Waals surface area contributed by atoms with Crippen LogP contribution in [0, 0.1) is 11.8 Å². The second-order valence-electron chi connectivity index (χ2n) is 7.90. The van der Waals surface area contributed by atoms with Gasteiger partial charge in [0.1, 0.15) is 12.4 Å². The summed E-state index contributed by atoms with van der Waals surface area (Å²) in [6, 6.07) is 19.5. The molecule has 0 aromatic heterocycles. The molecular weight excluding hydrogens is 494 g/mol. The fourth-order valence-corrected chi connectivity index (χ4v) is 3.64. The number of benzene rings is 3. The van der Waals surface area contributed by atoms with Crippen LogP contribution in [-0.4, -0.2) is 30.1 Å². The normalized spacial score (nSPS) is 12.6. The van der Waals surface area contributed by atoms with Crippen molar-refractivity contribution in [1.82, 2.24) is 16.4 Å². The van der Waals surface area contributed by atoms with Gasteiger partial charge in [0.15, 0.2) is 0 Å². The van der Waals surface area contributed by atoms with Crippen LogP contribution in [0.3, 0.4) is 0 Å². The zero-order valence-electron chi connectivity index (χ0n) is 19.4. The Bertz CT molecular complexity index is 1400. The summed E-state index contributed by atoms with van der Waals surface area (Å²) < 4.78 is 0. The maximum absolute atomic E-state index is 13.1. The number of halogens is 1. The largest absolute Gasteiger partial charge is 0.366 e. The molecule has 10 nitrogen and oxygen atoms in total. The van der Waals surface area contributed by atoms with Crippen LogP contribution in [0.2, 0.25) is 5.02 Å². The predicted octanol–water partition coefficient (Wildman–Crippen LogP) is 1.93. The van der Waals surface area contributed by atoms with Crippen molar-refractivity contribution in [2.45, 2.75) is 12.5 Å². The molecule has 0 radical (unpaired) electrons.